The summed E-state index contributed by atoms with van der Waals surface area (Å²) >= 11 is 0. The molecule has 0 saturated carbocycles. The van der Waals surface area contributed by atoms with E-state index in [4.69, 9.17) is 4.74 Å². The van der Waals surface area contributed by atoms with E-state index in [1.54, 1.807) is 4.90 Å². The van der Waals surface area contributed by atoms with Crippen LogP contribution in [-0.2, 0) is 20.9 Å². The fourth-order valence-electron chi connectivity index (χ4n) is 3.71. The van der Waals surface area contributed by atoms with Crippen molar-refractivity contribution in [2.75, 3.05) is 13.7 Å². The maximum Gasteiger partial charge on any atom is 0.245 e. The Balaban J connectivity index is 1.95. The van der Waals surface area contributed by atoms with Crippen LogP contribution in [-0.4, -0.2) is 36.5 Å². The molecule has 1 atom stereocenters. The van der Waals surface area contributed by atoms with E-state index in [1.807, 2.05) is 91.0 Å². The van der Waals surface area contributed by atoms with E-state index in [-0.39, 0.29) is 18.4 Å². The van der Waals surface area contributed by atoms with Crippen LogP contribution in [0.3, 0.4) is 0 Å². The van der Waals surface area contributed by atoms with E-state index in [9.17, 15) is 9.59 Å². The lowest BCUT2D eigenvalue weighted by atomic mass is 9.95. The molecule has 0 aliphatic carbocycles. The maximum atomic E-state index is 13.2. The van der Waals surface area contributed by atoms with Crippen molar-refractivity contribution >= 4 is 11.8 Å². The summed E-state index contributed by atoms with van der Waals surface area (Å²) in [6.45, 7) is 1.97. The molecule has 3 aromatic rings. The van der Waals surface area contributed by atoms with Crippen molar-refractivity contribution < 1.29 is 14.3 Å². The molecule has 31 heavy (non-hydrogen) atoms. The summed E-state index contributed by atoms with van der Waals surface area (Å²) in [6, 6.07) is 28.0. The first-order valence-electron chi connectivity index (χ1n) is 10.3. The Kier molecular flexibility index (Phi) is 7.96. The maximum absolute atomic E-state index is 13.2. The van der Waals surface area contributed by atoms with Crippen LogP contribution < -0.4 is 5.32 Å². The molecule has 0 spiro atoms. The monoisotopic (exact) mass is 416 g/mol. The van der Waals surface area contributed by atoms with Gasteiger partial charge in [-0.2, -0.15) is 0 Å². The minimum atomic E-state index is -0.781. The summed E-state index contributed by atoms with van der Waals surface area (Å²) in [5.74, 6) is -0.451. The van der Waals surface area contributed by atoms with Gasteiger partial charge in [0.25, 0.3) is 0 Å². The molecule has 1 N–H and O–H groups in total. The Morgan fingerprint density at radius 3 is 1.77 bits per heavy atom. The van der Waals surface area contributed by atoms with Crippen LogP contribution >= 0.6 is 0 Å². The number of carbonyl (C=O) groups excluding carboxylic acids is 2. The molecule has 0 aromatic heterocycles. The van der Waals surface area contributed by atoms with Gasteiger partial charge in [0, 0.05) is 20.6 Å². The van der Waals surface area contributed by atoms with Gasteiger partial charge in [0.1, 0.15) is 6.04 Å². The second-order valence-electron chi connectivity index (χ2n) is 7.32. The van der Waals surface area contributed by atoms with Gasteiger partial charge in [0.2, 0.25) is 11.8 Å². The predicted octanol–water partition coefficient (Wildman–Crippen LogP) is 3.96. The number of amides is 2. The van der Waals surface area contributed by atoms with Crippen LogP contribution in [0, 0.1) is 0 Å². The largest absolute Gasteiger partial charge is 0.382 e. The zero-order chi connectivity index (χ0) is 22.1. The van der Waals surface area contributed by atoms with E-state index >= 15 is 0 Å². The second-order valence-corrected chi connectivity index (χ2v) is 7.32. The lowest BCUT2D eigenvalue weighted by Gasteiger charge is -2.37. The molecule has 3 aromatic carbocycles. The standard InChI is InChI=1S/C26H28N2O3/c1-20(29)28(24(19-31-2)26(30)27-18-21-12-6-3-7-13-21)25(22-14-8-4-9-15-22)23-16-10-5-11-17-23/h3-17,24-25H,18-19H2,1-2H3,(H,27,30). The molecule has 0 heterocycles. The molecule has 0 saturated heterocycles. The third-order valence-electron chi connectivity index (χ3n) is 5.14. The Morgan fingerprint density at radius 1 is 0.839 bits per heavy atom. The fourth-order valence-corrected chi connectivity index (χ4v) is 3.71. The third kappa shape index (κ3) is 5.80. The number of rotatable bonds is 9. The van der Waals surface area contributed by atoms with Gasteiger partial charge in [0.05, 0.1) is 12.6 Å². The minimum absolute atomic E-state index is 0.0936. The molecule has 5 nitrogen and oxygen atoms in total. The van der Waals surface area contributed by atoms with Gasteiger partial charge in [-0.1, -0.05) is 91.0 Å². The number of benzene rings is 3. The molecule has 2 amide bonds. The van der Waals surface area contributed by atoms with E-state index in [0.717, 1.165) is 16.7 Å². The Morgan fingerprint density at radius 2 is 1.32 bits per heavy atom. The van der Waals surface area contributed by atoms with Gasteiger partial charge < -0.3 is 15.0 Å². The smallest absolute Gasteiger partial charge is 0.245 e. The number of hydrogen-bond donors (Lipinski definition) is 1. The average molecular weight is 417 g/mol. The first-order valence-corrected chi connectivity index (χ1v) is 10.3. The first-order chi connectivity index (χ1) is 15.1. The van der Waals surface area contributed by atoms with E-state index in [1.165, 1.54) is 14.0 Å². The molecular formula is C26H28N2O3. The highest BCUT2D eigenvalue weighted by Crippen LogP contribution is 2.30. The van der Waals surface area contributed by atoms with Crippen molar-refractivity contribution in [3.8, 4) is 0 Å². The van der Waals surface area contributed by atoms with Gasteiger partial charge in [-0.25, -0.2) is 0 Å². The van der Waals surface area contributed by atoms with E-state index < -0.39 is 12.1 Å². The Hall–Kier alpha value is -3.44. The molecule has 1 unspecified atom stereocenters. The number of nitrogens with zero attached hydrogens (tertiary/aromatic N) is 1. The number of ether oxygens (including phenoxy) is 1. The molecule has 160 valence electrons. The van der Waals surface area contributed by atoms with Gasteiger partial charge >= 0.3 is 0 Å². The fraction of sp³-hybridized carbons (Fsp3) is 0.231. The molecule has 5 heteroatoms. The van der Waals surface area contributed by atoms with Crippen LogP contribution in [0.2, 0.25) is 0 Å². The SMILES string of the molecule is COCC(C(=O)NCc1ccccc1)N(C(C)=O)C(c1ccccc1)c1ccccc1. The van der Waals surface area contributed by atoms with Crippen molar-refractivity contribution in [3.05, 3.63) is 108 Å². The van der Waals surface area contributed by atoms with E-state index in [2.05, 4.69) is 5.32 Å². The summed E-state index contributed by atoms with van der Waals surface area (Å²) in [6.07, 6.45) is 0. The Bertz CT molecular complexity index is 922. The van der Waals surface area contributed by atoms with E-state index in [0.29, 0.717) is 6.54 Å². The molecule has 3 rings (SSSR count). The normalized spacial score (nSPS) is 11.7. The molecule has 0 fully saturated rings. The quantitative estimate of drug-likeness (QED) is 0.575. The van der Waals surface area contributed by atoms with Crippen LogP contribution in [0.4, 0.5) is 0 Å². The zero-order valence-electron chi connectivity index (χ0n) is 17.9. The third-order valence-corrected chi connectivity index (χ3v) is 5.14. The van der Waals surface area contributed by atoms with Crippen LogP contribution in [0.5, 0.6) is 0 Å². The van der Waals surface area contributed by atoms with Gasteiger partial charge in [0.15, 0.2) is 0 Å². The number of nitrogens with one attached hydrogen (secondary N) is 1. The van der Waals surface area contributed by atoms with Crippen molar-refractivity contribution in [1.82, 2.24) is 10.2 Å². The van der Waals surface area contributed by atoms with Crippen molar-refractivity contribution in [2.45, 2.75) is 25.6 Å². The molecule has 0 aliphatic heterocycles. The predicted molar refractivity (Wildman–Crippen MR) is 121 cm³/mol. The van der Waals surface area contributed by atoms with Crippen LogP contribution in [0.15, 0.2) is 91.0 Å². The molecule has 0 radical (unpaired) electrons. The van der Waals surface area contributed by atoms with Gasteiger partial charge in [-0.15, -0.1) is 0 Å². The highest BCUT2D eigenvalue weighted by Gasteiger charge is 2.35. The summed E-state index contributed by atoms with van der Waals surface area (Å²) in [4.78, 5) is 27.8. The van der Waals surface area contributed by atoms with Crippen molar-refractivity contribution in [3.63, 3.8) is 0 Å². The highest BCUT2D eigenvalue weighted by atomic mass is 16.5. The minimum Gasteiger partial charge on any atom is -0.382 e. The summed E-state index contributed by atoms with van der Waals surface area (Å²) in [5.41, 5.74) is 2.85. The first kappa shape index (κ1) is 22.2. The number of methoxy groups -OCH3 is 1. The van der Waals surface area contributed by atoms with Crippen LogP contribution in [0.1, 0.15) is 29.7 Å². The van der Waals surface area contributed by atoms with Gasteiger partial charge in [-0.05, 0) is 16.7 Å². The van der Waals surface area contributed by atoms with Crippen molar-refractivity contribution in [1.29, 1.82) is 0 Å². The lowest BCUT2D eigenvalue weighted by Crippen LogP contribution is -2.52. The lowest BCUT2D eigenvalue weighted by molar-refractivity contribution is -0.143. The summed E-state index contributed by atoms with van der Waals surface area (Å²) in [7, 11) is 1.54. The summed E-state index contributed by atoms with van der Waals surface area (Å²) < 4.78 is 5.38. The topological polar surface area (TPSA) is 58.6 Å². The van der Waals surface area contributed by atoms with Crippen LogP contribution in [0.25, 0.3) is 0 Å². The number of hydrogen-bond acceptors (Lipinski definition) is 3. The van der Waals surface area contributed by atoms with Gasteiger partial charge in [-0.3, -0.25) is 9.59 Å². The summed E-state index contributed by atoms with van der Waals surface area (Å²) in [5, 5.41) is 2.96. The molecule has 0 bridgehead atoms. The highest BCUT2D eigenvalue weighted by molar-refractivity contribution is 5.87. The average Bonchev–Trinajstić information content (AvgIpc) is 2.81. The van der Waals surface area contributed by atoms with Crippen molar-refractivity contribution in [2.24, 2.45) is 0 Å². The number of carbonyl (C=O) groups is 2. The zero-order valence-corrected chi connectivity index (χ0v) is 17.9. The second kappa shape index (κ2) is 11.1. The molecule has 0 aliphatic rings. The Labute approximate surface area is 183 Å². The molecular weight excluding hydrogens is 388 g/mol.